The van der Waals surface area contributed by atoms with Crippen molar-refractivity contribution in [3.63, 3.8) is 0 Å². The SMILES string of the molecule is C=CCn1c(SCC(=O)NC2=NCCS2)nnc1C(C)Oc1ccc(OC)cc1. The zero-order valence-corrected chi connectivity index (χ0v) is 18.0. The van der Waals surface area contributed by atoms with E-state index in [0.717, 1.165) is 18.0 Å². The van der Waals surface area contributed by atoms with Crippen molar-refractivity contribution >= 4 is 34.6 Å². The second-order valence-electron chi connectivity index (χ2n) is 6.05. The number of hydrogen-bond donors (Lipinski definition) is 1. The van der Waals surface area contributed by atoms with Gasteiger partial charge >= 0.3 is 0 Å². The second kappa shape index (κ2) is 10.4. The largest absolute Gasteiger partial charge is 0.497 e. The lowest BCUT2D eigenvalue weighted by Gasteiger charge is -2.16. The number of nitrogens with zero attached hydrogens (tertiary/aromatic N) is 4. The van der Waals surface area contributed by atoms with Crippen LogP contribution in [0.25, 0.3) is 0 Å². The molecule has 0 spiro atoms. The van der Waals surface area contributed by atoms with Crippen molar-refractivity contribution < 1.29 is 14.3 Å². The van der Waals surface area contributed by atoms with Crippen molar-refractivity contribution in [2.24, 2.45) is 4.99 Å². The van der Waals surface area contributed by atoms with Gasteiger partial charge in [-0.2, -0.15) is 0 Å². The lowest BCUT2D eigenvalue weighted by molar-refractivity contribution is -0.117. The Morgan fingerprint density at radius 1 is 1.38 bits per heavy atom. The molecule has 29 heavy (non-hydrogen) atoms. The molecule has 0 bridgehead atoms. The fourth-order valence-corrected chi connectivity index (χ4v) is 4.11. The molecular formula is C19H23N5O3S2. The maximum atomic E-state index is 12.1. The molecular weight excluding hydrogens is 410 g/mol. The van der Waals surface area contributed by atoms with Crippen molar-refractivity contribution in [3.8, 4) is 11.5 Å². The Balaban J connectivity index is 1.64. The summed E-state index contributed by atoms with van der Waals surface area (Å²) < 4.78 is 13.1. The molecule has 8 nitrogen and oxygen atoms in total. The maximum absolute atomic E-state index is 12.1. The molecule has 3 rings (SSSR count). The number of carbonyl (C=O) groups is 1. The van der Waals surface area contributed by atoms with E-state index in [2.05, 4.69) is 27.1 Å². The van der Waals surface area contributed by atoms with Gasteiger partial charge in [-0.05, 0) is 31.2 Å². The lowest BCUT2D eigenvalue weighted by Crippen LogP contribution is -2.29. The van der Waals surface area contributed by atoms with Crippen LogP contribution in [-0.2, 0) is 11.3 Å². The smallest absolute Gasteiger partial charge is 0.236 e. The minimum Gasteiger partial charge on any atom is -0.497 e. The molecule has 1 aromatic carbocycles. The van der Waals surface area contributed by atoms with Crippen molar-refractivity contribution in [2.75, 3.05) is 25.2 Å². The first kappa shape index (κ1) is 21.3. The van der Waals surface area contributed by atoms with E-state index in [1.165, 1.54) is 11.8 Å². The summed E-state index contributed by atoms with van der Waals surface area (Å²) >= 11 is 2.87. The van der Waals surface area contributed by atoms with Crippen LogP contribution in [0.15, 0.2) is 47.1 Å². The minimum atomic E-state index is -0.330. The van der Waals surface area contributed by atoms with Crippen molar-refractivity contribution in [2.45, 2.75) is 24.7 Å². The van der Waals surface area contributed by atoms with Crippen LogP contribution in [0.1, 0.15) is 18.9 Å². The van der Waals surface area contributed by atoms with E-state index in [4.69, 9.17) is 9.47 Å². The quantitative estimate of drug-likeness (QED) is 0.480. The lowest BCUT2D eigenvalue weighted by atomic mass is 10.3. The van der Waals surface area contributed by atoms with Gasteiger partial charge in [-0.25, -0.2) is 0 Å². The van der Waals surface area contributed by atoms with Crippen LogP contribution in [0.2, 0.25) is 0 Å². The summed E-state index contributed by atoms with van der Waals surface area (Å²) in [5.41, 5.74) is 0. The summed E-state index contributed by atoms with van der Waals surface area (Å²) in [6.45, 7) is 6.98. The molecule has 1 N–H and O–H groups in total. The van der Waals surface area contributed by atoms with Crippen LogP contribution < -0.4 is 14.8 Å². The first-order chi connectivity index (χ1) is 14.1. The number of amidine groups is 1. The van der Waals surface area contributed by atoms with Crippen LogP contribution >= 0.6 is 23.5 Å². The molecule has 0 saturated carbocycles. The van der Waals surface area contributed by atoms with E-state index in [9.17, 15) is 4.79 Å². The number of hydrogen-bond acceptors (Lipinski definition) is 8. The van der Waals surface area contributed by atoms with Gasteiger partial charge in [-0.1, -0.05) is 29.6 Å². The second-order valence-corrected chi connectivity index (χ2v) is 8.07. The molecule has 1 unspecified atom stereocenters. The highest BCUT2D eigenvalue weighted by molar-refractivity contribution is 8.14. The van der Waals surface area contributed by atoms with Gasteiger partial charge < -0.3 is 14.8 Å². The summed E-state index contributed by atoms with van der Waals surface area (Å²) in [6, 6.07) is 7.35. The fraction of sp³-hybridized carbons (Fsp3) is 0.368. The molecule has 0 fully saturated rings. The number of allylic oxidation sites excluding steroid dienone is 1. The predicted molar refractivity (Wildman–Crippen MR) is 116 cm³/mol. The summed E-state index contributed by atoms with van der Waals surface area (Å²) in [6.07, 6.45) is 1.43. The molecule has 1 aliphatic heterocycles. The van der Waals surface area contributed by atoms with Gasteiger partial charge in [0, 0.05) is 12.3 Å². The standard InChI is InChI=1S/C19H23N5O3S2/c1-4-10-24-17(13(2)27-15-7-5-14(26-3)6-8-15)22-23-19(24)29-12-16(25)21-18-20-9-11-28-18/h4-8,13H,1,9-12H2,2-3H3,(H,20,21,25). The number of thioether (sulfide) groups is 2. The van der Waals surface area contributed by atoms with Gasteiger partial charge in [0.05, 0.1) is 19.4 Å². The van der Waals surface area contributed by atoms with Crippen molar-refractivity contribution in [1.29, 1.82) is 0 Å². The number of aliphatic imine (C=N–C) groups is 1. The average Bonchev–Trinajstić information content (AvgIpc) is 3.37. The molecule has 10 heteroatoms. The molecule has 2 heterocycles. The third kappa shape index (κ3) is 5.77. The number of methoxy groups -OCH3 is 1. The van der Waals surface area contributed by atoms with Gasteiger partial charge in [0.25, 0.3) is 0 Å². The molecule has 2 aromatic rings. The van der Waals surface area contributed by atoms with Crippen LogP contribution in [-0.4, -0.2) is 51.0 Å². The highest BCUT2D eigenvalue weighted by Gasteiger charge is 2.20. The zero-order valence-electron chi connectivity index (χ0n) is 16.3. The number of rotatable bonds is 9. The molecule has 1 aliphatic rings. The topological polar surface area (TPSA) is 90.6 Å². The molecule has 1 aromatic heterocycles. The normalized spacial score (nSPS) is 14.2. The Labute approximate surface area is 178 Å². The Bertz CT molecular complexity index is 882. The average molecular weight is 434 g/mol. The van der Waals surface area contributed by atoms with Crippen molar-refractivity contribution in [1.82, 2.24) is 20.1 Å². The molecule has 0 aliphatic carbocycles. The fourth-order valence-electron chi connectivity index (χ4n) is 2.62. The van der Waals surface area contributed by atoms with E-state index in [0.29, 0.717) is 28.4 Å². The number of amides is 1. The summed E-state index contributed by atoms with van der Waals surface area (Å²) in [5, 5.41) is 12.7. The van der Waals surface area contributed by atoms with Gasteiger partial charge in [-0.15, -0.1) is 16.8 Å². The van der Waals surface area contributed by atoms with E-state index < -0.39 is 0 Å². The van der Waals surface area contributed by atoms with E-state index in [1.807, 2.05) is 35.8 Å². The maximum Gasteiger partial charge on any atom is 0.236 e. The zero-order chi connectivity index (χ0) is 20.6. The Morgan fingerprint density at radius 2 is 2.14 bits per heavy atom. The molecule has 1 atom stereocenters. The third-order valence-corrected chi connectivity index (χ3v) is 5.82. The Hall–Kier alpha value is -2.46. The van der Waals surface area contributed by atoms with Gasteiger partial charge in [-0.3, -0.25) is 14.4 Å². The molecule has 154 valence electrons. The molecule has 0 radical (unpaired) electrons. The van der Waals surface area contributed by atoms with Gasteiger partial charge in [0.2, 0.25) is 5.91 Å². The van der Waals surface area contributed by atoms with E-state index in [-0.39, 0.29) is 17.8 Å². The van der Waals surface area contributed by atoms with Crippen LogP contribution in [0.5, 0.6) is 11.5 Å². The first-order valence-electron chi connectivity index (χ1n) is 9.05. The van der Waals surface area contributed by atoms with E-state index in [1.54, 1.807) is 24.9 Å². The summed E-state index contributed by atoms with van der Waals surface area (Å²) in [5.74, 6) is 3.16. The highest BCUT2D eigenvalue weighted by Crippen LogP contribution is 2.26. The monoisotopic (exact) mass is 433 g/mol. The number of ether oxygens (including phenoxy) is 2. The Kier molecular flexibility index (Phi) is 7.59. The summed E-state index contributed by atoms with van der Waals surface area (Å²) in [4.78, 5) is 16.4. The molecule has 1 amide bonds. The number of benzene rings is 1. The Morgan fingerprint density at radius 3 is 2.79 bits per heavy atom. The third-order valence-electron chi connectivity index (χ3n) is 3.96. The first-order valence-corrected chi connectivity index (χ1v) is 11.0. The highest BCUT2D eigenvalue weighted by atomic mass is 32.2. The van der Waals surface area contributed by atoms with Crippen LogP contribution in [0.4, 0.5) is 0 Å². The number of aromatic nitrogens is 3. The van der Waals surface area contributed by atoms with Gasteiger partial charge in [0.15, 0.2) is 22.3 Å². The predicted octanol–water partition coefficient (Wildman–Crippen LogP) is 2.92. The number of nitrogens with one attached hydrogen (secondary N) is 1. The number of carbonyl (C=O) groups excluding carboxylic acids is 1. The van der Waals surface area contributed by atoms with Gasteiger partial charge in [0.1, 0.15) is 11.5 Å². The van der Waals surface area contributed by atoms with E-state index >= 15 is 0 Å². The summed E-state index contributed by atoms with van der Waals surface area (Å²) in [7, 11) is 1.62. The van der Waals surface area contributed by atoms with Crippen LogP contribution in [0, 0.1) is 0 Å². The minimum absolute atomic E-state index is 0.111. The van der Waals surface area contributed by atoms with Crippen LogP contribution in [0.3, 0.4) is 0 Å². The van der Waals surface area contributed by atoms with Crippen molar-refractivity contribution in [3.05, 3.63) is 42.7 Å². The molecule has 0 saturated heterocycles.